The monoisotopic (exact) mass is 375 g/mol. The molecule has 0 spiro atoms. The topological polar surface area (TPSA) is 47.4 Å². The van der Waals surface area contributed by atoms with Crippen LogP contribution in [0.15, 0.2) is 60.8 Å². The zero-order chi connectivity index (χ0) is 19.7. The van der Waals surface area contributed by atoms with Gasteiger partial charge in [-0.3, -0.25) is 4.79 Å². The lowest BCUT2D eigenvalue weighted by atomic mass is 10.0. The van der Waals surface area contributed by atoms with Crippen molar-refractivity contribution >= 4 is 5.91 Å². The van der Waals surface area contributed by atoms with Gasteiger partial charge in [0.05, 0.1) is 23.5 Å². The molecule has 2 heterocycles. The van der Waals surface area contributed by atoms with E-state index in [2.05, 4.69) is 0 Å². The summed E-state index contributed by atoms with van der Waals surface area (Å²) in [6.45, 7) is 7.24. The fraction of sp³-hybridized carbons (Fsp3) is 0.304. The summed E-state index contributed by atoms with van der Waals surface area (Å²) in [4.78, 5) is 15.3. The highest BCUT2D eigenvalue weighted by atomic mass is 16.5. The van der Waals surface area contributed by atoms with Crippen LogP contribution in [0, 0.1) is 6.92 Å². The van der Waals surface area contributed by atoms with E-state index in [1.54, 1.807) is 4.68 Å². The van der Waals surface area contributed by atoms with Gasteiger partial charge < -0.3 is 9.64 Å². The van der Waals surface area contributed by atoms with Crippen LogP contribution >= 0.6 is 0 Å². The molecule has 28 heavy (non-hydrogen) atoms. The summed E-state index contributed by atoms with van der Waals surface area (Å²) in [5.41, 5.74) is 4.35. The first-order valence-electron chi connectivity index (χ1n) is 9.68. The van der Waals surface area contributed by atoms with Crippen LogP contribution in [0.1, 0.15) is 29.8 Å². The molecule has 5 heteroatoms. The van der Waals surface area contributed by atoms with E-state index in [1.807, 2.05) is 86.5 Å². The Morgan fingerprint density at radius 2 is 1.64 bits per heavy atom. The molecular formula is C23H25N3O2. The summed E-state index contributed by atoms with van der Waals surface area (Å²) >= 11 is 0. The standard InChI is InChI=1S/C23H25N3O2/c1-16-9-7-8-12-20(16)22-21(15-26(24-22)19-10-5-4-6-11-19)23(27)25-13-17(2)28-18(3)14-25/h4-12,15,17-18H,13-14H2,1-3H3/t17-,18+. The summed E-state index contributed by atoms with van der Waals surface area (Å²) in [7, 11) is 0. The van der Waals surface area contributed by atoms with E-state index in [1.165, 1.54) is 0 Å². The van der Waals surface area contributed by atoms with Gasteiger partial charge in [0.25, 0.3) is 5.91 Å². The normalized spacial score (nSPS) is 19.6. The Bertz CT molecular complexity index is 971. The summed E-state index contributed by atoms with van der Waals surface area (Å²) < 4.78 is 7.59. The second kappa shape index (κ2) is 7.60. The predicted molar refractivity (Wildman–Crippen MR) is 110 cm³/mol. The third kappa shape index (κ3) is 3.58. The summed E-state index contributed by atoms with van der Waals surface area (Å²) in [5, 5.41) is 4.80. The average Bonchev–Trinajstić information content (AvgIpc) is 3.13. The Kier molecular flexibility index (Phi) is 5.01. The van der Waals surface area contributed by atoms with E-state index in [9.17, 15) is 4.79 Å². The van der Waals surface area contributed by atoms with Crippen molar-refractivity contribution in [2.75, 3.05) is 13.1 Å². The third-order valence-electron chi connectivity index (χ3n) is 5.07. The van der Waals surface area contributed by atoms with Crippen LogP contribution < -0.4 is 0 Å². The van der Waals surface area contributed by atoms with E-state index in [0.717, 1.165) is 22.5 Å². The molecule has 144 valence electrons. The van der Waals surface area contributed by atoms with Gasteiger partial charge >= 0.3 is 0 Å². The predicted octanol–water partition coefficient (Wildman–Crippen LogP) is 4.10. The third-order valence-corrected chi connectivity index (χ3v) is 5.07. The molecule has 1 aromatic heterocycles. The number of aryl methyl sites for hydroxylation is 1. The van der Waals surface area contributed by atoms with Crippen LogP contribution in [0.3, 0.4) is 0 Å². The van der Waals surface area contributed by atoms with Gasteiger partial charge in [-0.25, -0.2) is 4.68 Å². The van der Waals surface area contributed by atoms with Gasteiger partial charge in [0.15, 0.2) is 0 Å². The average molecular weight is 375 g/mol. The Morgan fingerprint density at radius 3 is 2.32 bits per heavy atom. The Hall–Kier alpha value is -2.92. The number of rotatable bonds is 3. The number of aromatic nitrogens is 2. The molecule has 3 aromatic rings. The lowest BCUT2D eigenvalue weighted by Crippen LogP contribution is -2.48. The van der Waals surface area contributed by atoms with Crippen LogP contribution in [0.25, 0.3) is 16.9 Å². The van der Waals surface area contributed by atoms with Gasteiger partial charge in [-0.15, -0.1) is 0 Å². The number of hydrogen-bond donors (Lipinski definition) is 0. The number of nitrogens with zero attached hydrogens (tertiary/aromatic N) is 3. The number of amides is 1. The molecule has 0 N–H and O–H groups in total. The van der Waals surface area contributed by atoms with Crippen LogP contribution in [-0.4, -0.2) is 45.9 Å². The fourth-order valence-corrected chi connectivity index (χ4v) is 3.80. The van der Waals surface area contributed by atoms with Gasteiger partial charge in [0.1, 0.15) is 5.69 Å². The minimum Gasteiger partial charge on any atom is -0.372 e. The Balaban J connectivity index is 1.80. The molecule has 1 amide bonds. The molecule has 1 fully saturated rings. The first-order valence-corrected chi connectivity index (χ1v) is 9.68. The highest BCUT2D eigenvalue weighted by molar-refractivity contribution is 6.00. The highest BCUT2D eigenvalue weighted by Gasteiger charge is 2.30. The van der Waals surface area contributed by atoms with Crippen molar-refractivity contribution in [3.05, 3.63) is 71.9 Å². The number of morpholine rings is 1. The van der Waals surface area contributed by atoms with Crippen LogP contribution in [0.2, 0.25) is 0 Å². The minimum absolute atomic E-state index is 0.00225. The molecule has 1 saturated heterocycles. The molecule has 0 radical (unpaired) electrons. The lowest BCUT2D eigenvalue weighted by Gasteiger charge is -2.35. The van der Waals surface area contributed by atoms with Crippen molar-refractivity contribution in [2.24, 2.45) is 0 Å². The van der Waals surface area contributed by atoms with Gasteiger partial charge in [-0.1, -0.05) is 42.5 Å². The first kappa shape index (κ1) is 18.4. The Morgan fingerprint density at radius 1 is 1.00 bits per heavy atom. The second-order valence-corrected chi connectivity index (χ2v) is 7.45. The molecule has 0 bridgehead atoms. The molecular weight excluding hydrogens is 350 g/mol. The zero-order valence-corrected chi connectivity index (χ0v) is 16.5. The van der Waals surface area contributed by atoms with E-state index >= 15 is 0 Å². The quantitative estimate of drug-likeness (QED) is 0.692. The summed E-state index contributed by atoms with van der Waals surface area (Å²) in [6.07, 6.45) is 1.90. The van der Waals surface area contributed by atoms with Crippen LogP contribution in [-0.2, 0) is 4.74 Å². The van der Waals surface area contributed by atoms with E-state index in [0.29, 0.717) is 18.7 Å². The molecule has 1 aliphatic heterocycles. The zero-order valence-electron chi connectivity index (χ0n) is 16.5. The molecule has 2 aromatic carbocycles. The SMILES string of the molecule is Cc1ccccc1-c1nn(-c2ccccc2)cc1C(=O)N1C[C@@H](C)O[C@@H](C)C1. The molecule has 0 saturated carbocycles. The van der Waals surface area contributed by atoms with Crippen molar-refractivity contribution in [1.29, 1.82) is 0 Å². The fourth-order valence-electron chi connectivity index (χ4n) is 3.80. The number of carbonyl (C=O) groups is 1. The van der Waals surface area contributed by atoms with Crippen LogP contribution in [0.4, 0.5) is 0 Å². The van der Waals surface area contributed by atoms with E-state index < -0.39 is 0 Å². The van der Waals surface area contributed by atoms with E-state index in [4.69, 9.17) is 9.84 Å². The summed E-state index contributed by atoms with van der Waals surface area (Å²) in [5.74, 6) is 0.00225. The van der Waals surface area contributed by atoms with Gasteiger partial charge in [0.2, 0.25) is 0 Å². The van der Waals surface area contributed by atoms with E-state index in [-0.39, 0.29) is 18.1 Å². The molecule has 4 rings (SSSR count). The molecule has 5 nitrogen and oxygen atoms in total. The minimum atomic E-state index is 0.00225. The first-order chi connectivity index (χ1) is 13.5. The number of ether oxygens (including phenoxy) is 1. The Labute approximate surface area is 165 Å². The maximum Gasteiger partial charge on any atom is 0.257 e. The smallest absolute Gasteiger partial charge is 0.257 e. The maximum atomic E-state index is 13.5. The van der Waals surface area contributed by atoms with Gasteiger partial charge in [-0.2, -0.15) is 5.10 Å². The number of carbonyl (C=O) groups excluding carboxylic acids is 1. The lowest BCUT2D eigenvalue weighted by molar-refractivity contribution is -0.0586. The van der Waals surface area contributed by atoms with Crippen molar-refractivity contribution < 1.29 is 9.53 Å². The molecule has 0 aliphatic carbocycles. The maximum absolute atomic E-state index is 13.5. The van der Waals surface area contributed by atoms with Crippen LogP contribution in [0.5, 0.6) is 0 Å². The van der Waals surface area contributed by atoms with Gasteiger partial charge in [-0.05, 0) is 38.5 Å². The number of hydrogen-bond acceptors (Lipinski definition) is 3. The van der Waals surface area contributed by atoms with Crippen molar-refractivity contribution in [1.82, 2.24) is 14.7 Å². The molecule has 1 aliphatic rings. The highest BCUT2D eigenvalue weighted by Crippen LogP contribution is 2.28. The molecule has 2 atom stereocenters. The van der Waals surface area contributed by atoms with Crippen molar-refractivity contribution in [3.8, 4) is 16.9 Å². The van der Waals surface area contributed by atoms with Gasteiger partial charge in [0, 0.05) is 24.8 Å². The summed E-state index contributed by atoms with van der Waals surface area (Å²) in [6, 6.07) is 17.9. The second-order valence-electron chi connectivity index (χ2n) is 7.45. The largest absolute Gasteiger partial charge is 0.372 e. The van der Waals surface area contributed by atoms with Crippen molar-refractivity contribution in [3.63, 3.8) is 0 Å². The molecule has 0 unspecified atom stereocenters. The number of para-hydroxylation sites is 1. The number of benzene rings is 2. The van der Waals surface area contributed by atoms with Crippen molar-refractivity contribution in [2.45, 2.75) is 33.0 Å².